The van der Waals surface area contributed by atoms with Gasteiger partial charge in [0.05, 0.1) is 0 Å². The van der Waals surface area contributed by atoms with Crippen LogP contribution < -0.4 is 5.32 Å². The van der Waals surface area contributed by atoms with Crippen molar-refractivity contribution in [1.29, 1.82) is 0 Å². The fourth-order valence-corrected chi connectivity index (χ4v) is 2.49. The fraction of sp³-hybridized carbons (Fsp3) is 0.600. The molecule has 1 fully saturated rings. The minimum Gasteiger partial charge on any atom is -0.316 e. The minimum atomic E-state index is 0.823. The highest BCUT2D eigenvalue weighted by Gasteiger charge is 2.38. The van der Waals surface area contributed by atoms with Gasteiger partial charge in [-0.3, -0.25) is 0 Å². The zero-order valence-corrected chi connectivity index (χ0v) is 10.7. The fourth-order valence-electron chi connectivity index (χ4n) is 2.49. The van der Waals surface area contributed by atoms with Crippen LogP contribution in [0.1, 0.15) is 42.4 Å². The van der Waals surface area contributed by atoms with Crippen molar-refractivity contribution in [3.8, 4) is 0 Å². The smallest absolute Gasteiger partial charge is 0.00144 e. The molecule has 0 aliphatic heterocycles. The molecular formula is C15H23N. The molecule has 0 amide bonds. The van der Waals surface area contributed by atoms with E-state index in [-0.39, 0.29) is 0 Å². The molecule has 1 heteroatoms. The molecule has 0 radical (unpaired) electrons. The van der Waals surface area contributed by atoms with Gasteiger partial charge in [-0.1, -0.05) is 25.1 Å². The largest absolute Gasteiger partial charge is 0.316 e. The Morgan fingerprint density at radius 2 is 2.12 bits per heavy atom. The summed E-state index contributed by atoms with van der Waals surface area (Å²) in [5.41, 5.74) is 4.53. The van der Waals surface area contributed by atoms with E-state index in [4.69, 9.17) is 0 Å². The Bertz CT molecular complexity index is 356. The zero-order valence-electron chi connectivity index (χ0n) is 10.7. The summed E-state index contributed by atoms with van der Waals surface area (Å²) in [4.78, 5) is 0. The Balaban J connectivity index is 1.93. The molecular weight excluding hydrogens is 194 g/mol. The van der Waals surface area contributed by atoms with Crippen molar-refractivity contribution in [1.82, 2.24) is 5.32 Å². The summed E-state index contributed by atoms with van der Waals surface area (Å²) in [5, 5.41) is 3.53. The van der Waals surface area contributed by atoms with Crippen molar-refractivity contribution in [3.05, 3.63) is 34.9 Å². The maximum Gasteiger partial charge on any atom is -0.00144 e. The van der Waals surface area contributed by atoms with Gasteiger partial charge in [-0.05, 0) is 68.3 Å². The highest BCUT2D eigenvalue weighted by Crippen LogP contribution is 2.48. The molecule has 0 spiro atoms. The van der Waals surface area contributed by atoms with Crippen LogP contribution in [0.2, 0.25) is 0 Å². The molecule has 1 aliphatic carbocycles. The summed E-state index contributed by atoms with van der Waals surface area (Å²) < 4.78 is 0. The van der Waals surface area contributed by atoms with E-state index in [1.165, 1.54) is 30.5 Å². The summed E-state index contributed by atoms with van der Waals surface area (Å²) in [6, 6.07) is 6.73. The lowest BCUT2D eigenvalue weighted by atomic mass is 9.99. The monoisotopic (exact) mass is 217 g/mol. The lowest BCUT2D eigenvalue weighted by molar-refractivity contribution is 0.619. The van der Waals surface area contributed by atoms with Crippen molar-refractivity contribution in [3.63, 3.8) is 0 Å². The highest BCUT2D eigenvalue weighted by atomic mass is 14.9. The van der Waals surface area contributed by atoms with E-state index in [2.05, 4.69) is 44.3 Å². The molecule has 2 rings (SSSR count). The van der Waals surface area contributed by atoms with E-state index >= 15 is 0 Å². The molecule has 0 aromatic heterocycles. The van der Waals surface area contributed by atoms with Gasteiger partial charge in [0.1, 0.15) is 0 Å². The Kier molecular flexibility index (Phi) is 3.65. The molecule has 2 atom stereocenters. The first-order chi connectivity index (χ1) is 7.74. The molecule has 1 N–H and O–H groups in total. The minimum absolute atomic E-state index is 0.823. The van der Waals surface area contributed by atoms with Crippen LogP contribution in [-0.4, -0.2) is 13.1 Å². The first kappa shape index (κ1) is 11.7. The number of rotatable bonds is 5. The maximum atomic E-state index is 3.53. The average Bonchev–Trinajstić information content (AvgIpc) is 3.02. The molecule has 1 saturated carbocycles. The van der Waals surface area contributed by atoms with Gasteiger partial charge in [-0.2, -0.15) is 0 Å². The molecule has 0 bridgehead atoms. The van der Waals surface area contributed by atoms with Crippen LogP contribution >= 0.6 is 0 Å². The lowest BCUT2D eigenvalue weighted by Gasteiger charge is -2.08. The van der Waals surface area contributed by atoms with Crippen molar-refractivity contribution < 1.29 is 0 Å². The number of nitrogens with one attached hydrogen (secondary N) is 1. The molecule has 16 heavy (non-hydrogen) atoms. The zero-order chi connectivity index (χ0) is 11.5. The molecule has 2 unspecified atom stereocenters. The van der Waals surface area contributed by atoms with Gasteiger partial charge >= 0.3 is 0 Å². The predicted octanol–water partition coefficient (Wildman–Crippen LogP) is 3.41. The SMILES string of the molecule is CCCNCC1CC1c1cccc(C)c1C. The normalized spacial score (nSPS) is 23.4. The topological polar surface area (TPSA) is 12.0 Å². The molecule has 1 aliphatic rings. The van der Waals surface area contributed by atoms with Crippen LogP contribution in [0.5, 0.6) is 0 Å². The van der Waals surface area contributed by atoms with Gasteiger partial charge in [-0.25, -0.2) is 0 Å². The summed E-state index contributed by atoms with van der Waals surface area (Å²) in [5.74, 6) is 1.70. The summed E-state index contributed by atoms with van der Waals surface area (Å²) in [6.45, 7) is 9.06. The number of hydrogen-bond donors (Lipinski definition) is 1. The van der Waals surface area contributed by atoms with Gasteiger partial charge < -0.3 is 5.32 Å². The summed E-state index contributed by atoms with van der Waals surface area (Å²) in [7, 11) is 0. The van der Waals surface area contributed by atoms with Crippen LogP contribution in [0, 0.1) is 19.8 Å². The van der Waals surface area contributed by atoms with Crippen LogP contribution in [0.3, 0.4) is 0 Å². The van der Waals surface area contributed by atoms with Crippen molar-refractivity contribution in [2.75, 3.05) is 13.1 Å². The van der Waals surface area contributed by atoms with Crippen LogP contribution in [0.4, 0.5) is 0 Å². The van der Waals surface area contributed by atoms with Crippen molar-refractivity contribution in [2.45, 2.75) is 39.5 Å². The lowest BCUT2D eigenvalue weighted by Crippen LogP contribution is -2.17. The van der Waals surface area contributed by atoms with Gasteiger partial charge in [0, 0.05) is 0 Å². The maximum absolute atomic E-state index is 3.53. The van der Waals surface area contributed by atoms with E-state index in [9.17, 15) is 0 Å². The highest BCUT2D eigenvalue weighted by molar-refractivity contribution is 5.38. The third-order valence-electron chi connectivity index (χ3n) is 3.80. The Morgan fingerprint density at radius 1 is 1.31 bits per heavy atom. The van der Waals surface area contributed by atoms with E-state index < -0.39 is 0 Å². The van der Waals surface area contributed by atoms with E-state index in [1.807, 2.05) is 0 Å². The Morgan fingerprint density at radius 3 is 2.88 bits per heavy atom. The first-order valence-corrected chi connectivity index (χ1v) is 6.50. The quantitative estimate of drug-likeness (QED) is 0.745. The number of benzene rings is 1. The van der Waals surface area contributed by atoms with Gasteiger partial charge in [-0.15, -0.1) is 0 Å². The van der Waals surface area contributed by atoms with E-state index in [0.717, 1.165) is 18.4 Å². The second-order valence-electron chi connectivity index (χ2n) is 5.10. The number of aryl methyl sites for hydroxylation is 1. The summed E-state index contributed by atoms with van der Waals surface area (Å²) >= 11 is 0. The van der Waals surface area contributed by atoms with E-state index in [0.29, 0.717) is 0 Å². The first-order valence-electron chi connectivity index (χ1n) is 6.50. The van der Waals surface area contributed by atoms with Crippen molar-refractivity contribution in [2.24, 2.45) is 5.92 Å². The van der Waals surface area contributed by atoms with Crippen LogP contribution in [0.25, 0.3) is 0 Å². The van der Waals surface area contributed by atoms with Crippen LogP contribution in [-0.2, 0) is 0 Å². The average molecular weight is 217 g/mol. The molecule has 0 heterocycles. The third-order valence-corrected chi connectivity index (χ3v) is 3.80. The second kappa shape index (κ2) is 5.01. The molecule has 0 saturated heterocycles. The number of hydrogen-bond acceptors (Lipinski definition) is 1. The van der Waals surface area contributed by atoms with Gasteiger partial charge in [0.25, 0.3) is 0 Å². The molecule has 1 aromatic carbocycles. The Labute approximate surface area is 99.3 Å². The predicted molar refractivity (Wildman–Crippen MR) is 69.9 cm³/mol. The van der Waals surface area contributed by atoms with Gasteiger partial charge in [0.2, 0.25) is 0 Å². The molecule has 1 aromatic rings. The van der Waals surface area contributed by atoms with Gasteiger partial charge in [0.15, 0.2) is 0 Å². The second-order valence-corrected chi connectivity index (χ2v) is 5.10. The summed E-state index contributed by atoms with van der Waals surface area (Å²) in [6.07, 6.45) is 2.61. The van der Waals surface area contributed by atoms with Crippen molar-refractivity contribution >= 4 is 0 Å². The van der Waals surface area contributed by atoms with E-state index in [1.54, 1.807) is 5.56 Å². The third kappa shape index (κ3) is 2.46. The standard InChI is InChI=1S/C15H23N/c1-4-8-16-10-13-9-15(13)14-7-5-6-11(2)12(14)3/h5-7,13,15-16H,4,8-10H2,1-3H3. The van der Waals surface area contributed by atoms with Crippen LogP contribution in [0.15, 0.2) is 18.2 Å². The molecule has 1 nitrogen and oxygen atoms in total. The Hall–Kier alpha value is -0.820. The molecule has 88 valence electrons.